The highest BCUT2D eigenvalue weighted by Gasteiger charge is 2.36. The first-order valence-corrected chi connectivity index (χ1v) is 15.4. The molecule has 0 saturated carbocycles. The number of ether oxygens (including phenoxy) is 3. The topological polar surface area (TPSA) is 172 Å². The molecule has 3 aliphatic rings. The second-order valence-electron chi connectivity index (χ2n) is 10.8. The molecule has 2 aliphatic heterocycles. The van der Waals surface area contributed by atoms with Crippen LogP contribution in [0.25, 0.3) is 33.4 Å². The number of hydrogen-bond acceptors (Lipinski definition) is 11. The van der Waals surface area contributed by atoms with Crippen LogP contribution >= 0.6 is 8.60 Å². The van der Waals surface area contributed by atoms with E-state index in [0.717, 1.165) is 33.4 Å². The summed E-state index contributed by atoms with van der Waals surface area (Å²) in [5.74, 6) is 1.54. The number of rotatable bonds is 10. The zero-order valence-electron chi connectivity index (χ0n) is 25.1. The smallest absolute Gasteiger partial charge is 0.332 e. The molecule has 0 amide bonds. The quantitative estimate of drug-likeness (QED) is 0.113. The van der Waals surface area contributed by atoms with Crippen molar-refractivity contribution in [1.82, 2.24) is 9.55 Å². The Balaban J connectivity index is 1.12. The third-order valence-corrected chi connectivity index (χ3v) is 8.46. The minimum atomic E-state index is -2.40. The Kier molecular flexibility index (Phi) is 9.05. The fraction of sp³-hybridized carbons (Fsp3) is 0.281. The normalized spacial score (nSPS) is 18.7. The number of benzene rings is 3. The Morgan fingerprint density at radius 1 is 0.978 bits per heavy atom. The van der Waals surface area contributed by atoms with Crippen LogP contribution in [-0.2, 0) is 13.8 Å². The molecule has 3 heterocycles. The summed E-state index contributed by atoms with van der Waals surface area (Å²) in [5, 5.41) is 11.2. The molecule has 0 radical (unpaired) electrons. The van der Waals surface area contributed by atoms with Crippen LogP contribution in [0.3, 0.4) is 0 Å². The first kappa shape index (κ1) is 31.6. The molecule has 240 valence electrons. The maximum Gasteiger partial charge on any atom is 0.332 e. The van der Waals surface area contributed by atoms with Crippen LogP contribution in [-0.4, -0.2) is 52.3 Å². The maximum absolute atomic E-state index is 12.2. The van der Waals surface area contributed by atoms with Gasteiger partial charge in [-0.15, -0.1) is 0 Å². The monoisotopic (exact) mass is 650 g/mol. The second-order valence-corrected chi connectivity index (χ2v) is 11.8. The van der Waals surface area contributed by atoms with Gasteiger partial charge in [-0.25, -0.2) is 4.79 Å². The highest BCUT2D eigenvalue weighted by Crippen LogP contribution is 2.43. The number of aryl methyl sites for hydroxylation is 2. The number of aromatic amines is 1. The lowest BCUT2D eigenvalue weighted by molar-refractivity contribution is -0.0450. The largest absolute Gasteiger partial charge is 0.497 e. The van der Waals surface area contributed by atoms with E-state index in [2.05, 4.69) is 4.98 Å². The molecular weight excluding hydrogens is 619 g/mol. The number of aliphatic hydroxyl groups excluding tert-OH is 1. The highest BCUT2D eigenvalue weighted by atomic mass is 31.2. The number of aromatic nitrogens is 2. The van der Waals surface area contributed by atoms with E-state index in [1.165, 1.54) is 22.9 Å². The lowest BCUT2D eigenvalue weighted by atomic mass is 9.91. The van der Waals surface area contributed by atoms with E-state index in [0.29, 0.717) is 22.7 Å². The second kappa shape index (κ2) is 13.2. The molecule has 46 heavy (non-hydrogen) atoms. The van der Waals surface area contributed by atoms with Gasteiger partial charge >= 0.3 is 14.3 Å². The average molecular weight is 651 g/mol. The summed E-state index contributed by atoms with van der Waals surface area (Å²) in [6.07, 6.45) is -1.19. The van der Waals surface area contributed by atoms with Gasteiger partial charge in [0.25, 0.3) is 5.56 Å². The minimum Gasteiger partial charge on any atom is -0.497 e. The molecule has 1 aliphatic carbocycles. The third-order valence-electron chi connectivity index (χ3n) is 7.77. The van der Waals surface area contributed by atoms with Crippen LogP contribution in [0.1, 0.15) is 23.8 Å². The summed E-state index contributed by atoms with van der Waals surface area (Å²) in [4.78, 5) is 48.5. The summed E-state index contributed by atoms with van der Waals surface area (Å²) in [6, 6.07) is 15.7. The zero-order chi connectivity index (χ0) is 32.5. The van der Waals surface area contributed by atoms with E-state index >= 15 is 0 Å². The zero-order valence-corrected chi connectivity index (χ0v) is 26.0. The fourth-order valence-electron chi connectivity index (χ4n) is 5.42. The minimum absolute atomic E-state index is 0.0882. The molecule has 13 nitrogen and oxygen atoms in total. The molecule has 2 aromatic carbocycles. The molecule has 1 fully saturated rings. The summed E-state index contributed by atoms with van der Waals surface area (Å²) in [7, 11) is -0.791. The summed E-state index contributed by atoms with van der Waals surface area (Å²) >= 11 is 0. The van der Waals surface area contributed by atoms with E-state index in [9.17, 15) is 24.4 Å². The molecule has 14 heteroatoms. The van der Waals surface area contributed by atoms with Gasteiger partial charge in [0, 0.05) is 46.8 Å². The molecule has 6 rings (SSSR count). The van der Waals surface area contributed by atoms with Gasteiger partial charge in [0.05, 0.1) is 19.8 Å². The average Bonchev–Trinajstić information content (AvgIpc) is 3.40. The summed E-state index contributed by atoms with van der Waals surface area (Å²) in [5.41, 5.74) is 3.07. The van der Waals surface area contributed by atoms with Gasteiger partial charge in [-0.05, 0) is 61.4 Å². The van der Waals surface area contributed by atoms with E-state index < -0.39 is 38.3 Å². The fourth-order valence-corrected chi connectivity index (χ4v) is 5.92. The number of nitrogens with zero attached hydrogens (tertiary/aromatic N) is 1. The lowest BCUT2D eigenvalue weighted by Gasteiger charge is -2.18. The Hall–Kier alpha value is -4.36. The molecule has 1 saturated heterocycles. The van der Waals surface area contributed by atoms with Gasteiger partial charge in [-0.2, -0.15) is 0 Å². The Morgan fingerprint density at radius 3 is 2.54 bits per heavy atom. The van der Waals surface area contributed by atoms with E-state index in [4.69, 9.17) is 27.7 Å². The number of fused-ring (bicyclic) bond motifs is 2. The number of H-pyrrole nitrogens is 1. The molecule has 4 unspecified atom stereocenters. The van der Waals surface area contributed by atoms with Gasteiger partial charge in [0.15, 0.2) is 12.2 Å². The number of methoxy groups -OCH3 is 1. The van der Waals surface area contributed by atoms with Crippen LogP contribution in [0.4, 0.5) is 0 Å². The number of hydrogen-bond donors (Lipinski definition) is 3. The van der Waals surface area contributed by atoms with Gasteiger partial charge < -0.3 is 33.2 Å². The van der Waals surface area contributed by atoms with Crippen molar-refractivity contribution >= 4 is 19.6 Å². The van der Waals surface area contributed by atoms with Crippen molar-refractivity contribution in [2.75, 3.05) is 20.5 Å². The van der Waals surface area contributed by atoms with Crippen LogP contribution in [0, 0.1) is 13.8 Å². The lowest BCUT2D eigenvalue weighted by Crippen LogP contribution is -2.33. The van der Waals surface area contributed by atoms with Crippen molar-refractivity contribution in [3.05, 3.63) is 103 Å². The Morgan fingerprint density at radius 2 is 1.76 bits per heavy atom. The van der Waals surface area contributed by atoms with Crippen LogP contribution < -0.4 is 26.2 Å². The molecular formula is C32H31N2O11P. The predicted octanol–water partition coefficient (Wildman–Crippen LogP) is 3.98. The summed E-state index contributed by atoms with van der Waals surface area (Å²) < 4.78 is 34.8. The molecule has 0 spiro atoms. The molecule has 3 N–H and O–H groups in total. The standard InChI is InChI=1S/C32H31N2O11P/c1-17-10-20(40-3)5-8-22(17)30-23-7-4-19(35)11-26(23)44-27-12-21(6-9-24(27)30)41-16-43-46(39)42-15-28-25(36)13-29(45-28)34-14-18(2)31(37)33-32(34)38/h4-12,14,25,28-29,36,39H,13,15-16H2,1-3H3,(H,33,37,38). The Labute approximate surface area is 262 Å². The Bertz CT molecular complexity index is 2040. The molecule has 3 aromatic rings. The van der Waals surface area contributed by atoms with Gasteiger partial charge in [0.2, 0.25) is 0 Å². The first-order valence-electron chi connectivity index (χ1n) is 14.3. The van der Waals surface area contributed by atoms with Crippen molar-refractivity contribution < 1.29 is 37.7 Å². The SMILES string of the molecule is COc1ccc(-c2c3ccc(=O)cc-3oc3cc(OCOP(O)OCC4OC(n5cc(C)c(=O)[nH]c5=O)CC4O)ccc23)c(C)c1. The van der Waals surface area contributed by atoms with E-state index in [-0.39, 0.29) is 25.2 Å². The van der Waals surface area contributed by atoms with Crippen LogP contribution in [0.5, 0.6) is 11.5 Å². The van der Waals surface area contributed by atoms with Crippen molar-refractivity contribution in [3.8, 4) is 33.9 Å². The van der Waals surface area contributed by atoms with Gasteiger partial charge in [-0.3, -0.25) is 23.7 Å². The molecule has 0 bridgehead atoms. The molecule has 1 aromatic heterocycles. The maximum atomic E-state index is 12.2. The number of aliphatic hydroxyl groups is 1. The van der Waals surface area contributed by atoms with Gasteiger partial charge in [-0.1, -0.05) is 6.07 Å². The van der Waals surface area contributed by atoms with Crippen LogP contribution in [0.15, 0.2) is 79.6 Å². The third kappa shape index (κ3) is 6.47. The number of nitrogens with one attached hydrogen (secondary N) is 1. The molecule has 4 atom stereocenters. The van der Waals surface area contributed by atoms with Crippen LogP contribution in [0.2, 0.25) is 0 Å². The van der Waals surface area contributed by atoms with Crippen molar-refractivity contribution in [3.63, 3.8) is 0 Å². The van der Waals surface area contributed by atoms with Crippen molar-refractivity contribution in [1.29, 1.82) is 0 Å². The van der Waals surface area contributed by atoms with E-state index in [1.807, 2.05) is 31.2 Å². The van der Waals surface area contributed by atoms with E-state index in [1.54, 1.807) is 32.2 Å². The first-order chi connectivity index (χ1) is 22.1. The highest BCUT2D eigenvalue weighted by molar-refractivity contribution is 7.40. The van der Waals surface area contributed by atoms with Crippen molar-refractivity contribution in [2.24, 2.45) is 0 Å². The van der Waals surface area contributed by atoms with Crippen molar-refractivity contribution in [2.45, 2.75) is 38.7 Å². The van der Waals surface area contributed by atoms with Gasteiger partial charge in [0.1, 0.15) is 35.2 Å². The summed E-state index contributed by atoms with van der Waals surface area (Å²) in [6.45, 7) is 2.96. The predicted molar refractivity (Wildman–Crippen MR) is 168 cm³/mol.